The standard InChI is InChI=1S/C22H33N5/c1-5-24-22(25-8-6-20-13-17(2)12-18(3)14-20)26-10-7-19(4)21(15-26)27-11-9-23-16-27/h9,11-14,16,19,21H,5-8,10,15H2,1-4H3,(H,24,25). The van der Waals surface area contributed by atoms with E-state index >= 15 is 0 Å². The van der Waals surface area contributed by atoms with Gasteiger partial charge in [-0.1, -0.05) is 36.2 Å². The molecule has 5 heteroatoms. The lowest BCUT2D eigenvalue weighted by Crippen LogP contribution is -2.49. The number of hydrogen-bond donors (Lipinski definition) is 1. The number of aryl methyl sites for hydroxylation is 2. The van der Waals surface area contributed by atoms with Crippen LogP contribution in [0.2, 0.25) is 0 Å². The highest BCUT2D eigenvalue weighted by molar-refractivity contribution is 5.80. The van der Waals surface area contributed by atoms with Gasteiger partial charge < -0.3 is 14.8 Å². The van der Waals surface area contributed by atoms with E-state index in [1.807, 2.05) is 12.5 Å². The molecular weight excluding hydrogens is 334 g/mol. The van der Waals surface area contributed by atoms with E-state index < -0.39 is 0 Å². The average molecular weight is 368 g/mol. The van der Waals surface area contributed by atoms with Crippen molar-refractivity contribution in [1.82, 2.24) is 19.8 Å². The lowest BCUT2D eigenvalue weighted by molar-refractivity contribution is 0.189. The summed E-state index contributed by atoms with van der Waals surface area (Å²) in [6.45, 7) is 12.5. The van der Waals surface area contributed by atoms with Crippen LogP contribution in [-0.2, 0) is 6.42 Å². The Morgan fingerprint density at radius 3 is 2.70 bits per heavy atom. The second kappa shape index (κ2) is 9.07. The number of nitrogens with one attached hydrogen (secondary N) is 1. The Morgan fingerprint density at radius 1 is 1.26 bits per heavy atom. The van der Waals surface area contributed by atoms with Crippen molar-refractivity contribution in [2.75, 3.05) is 26.2 Å². The minimum absolute atomic E-state index is 0.449. The number of imidazole rings is 1. The molecule has 1 aromatic carbocycles. The van der Waals surface area contributed by atoms with Crippen LogP contribution < -0.4 is 5.32 Å². The van der Waals surface area contributed by atoms with Gasteiger partial charge in [-0.15, -0.1) is 0 Å². The molecule has 0 saturated carbocycles. The highest BCUT2D eigenvalue weighted by Gasteiger charge is 2.28. The van der Waals surface area contributed by atoms with Crippen LogP contribution in [0.3, 0.4) is 0 Å². The van der Waals surface area contributed by atoms with Crippen molar-refractivity contribution in [3.8, 4) is 0 Å². The van der Waals surface area contributed by atoms with Gasteiger partial charge in [0.1, 0.15) is 0 Å². The van der Waals surface area contributed by atoms with Crippen LogP contribution in [-0.4, -0.2) is 46.6 Å². The molecule has 0 aliphatic carbocycles. The van der Waals surface area contributed by atoms with Gasteiger partial charge in [-0.25, -0.2) is 4.98 Å². The molecule has 1 aliphatic heterocycles. The molecule has 0 spiro atoms. The Labute approximate surface area is 163 Å². The summed E-state index contributed by atoms with van der Waals surface area (Å²) >= 11 is 0. The highest BCUT2D eigenvalue weighted by atomic mass is 15.3. The molecule has 1 fully saturated rings. The van der Waals surface area contributed by atoms with Gasteiger partial charge in [0.15, 0.2) is 5.96 Å². The molecule has 27 heavy (non-hydrogen) atoms. The fourth-order valence-corrected chi connectivity index (χ4v) is 4.03. The Morgan fingerprint density at radius 2 is 2.04 bits per heavy atom. The fourth-order valence-electron chi connectivity index (χ4n) is 4.03. The van der Waals surface area contributed by atoms with Gasteiger partial charge in [0.25, 0.3) is 0 Å². The molecule has 0 amide bonds. The van der Waals surface area contributed by atoms with E-state index in [2.05, 4.69) is 71.9 Å². The van der Waals surface area contributed by atoms with Crippen LogP contribution in [0.5, 0.6) is 0 Å². The number of rotatable bonds is 5. The molecule has 0 bridgehead atoms. The molecule has 2 unspecified atom stereocenters. The van der Waals surface area contributed by atoms with E-state index in [9.17, 15) is 0 Å². The number of guanidine groups is 1. The molecule has 1 N–H and O–H groups in total. The van der Waals surface area contributed by atoms with Crippen LogP contribution in [0.25, 0.3) is 0 Å². The summed E-state index contributed by atoms with van der Waals surface area (Å²) in [5.41, 5.74) is 4.03. The molecule has 1 aromatic heterocycles. The fraction of sp³-hybridized carbons (Fsp3) is 0.545. The van der Waals surface area contributed by atoms with Crippen molar-refractivity contribution in [3.63, 3.8) is 0 Å². The van der Waals surface area contributed by atoms with Gasteiger partial charge in [0.2, 0.25) is 0 Å². The predicted octanol–water partition coefficient (Wildman–Crippen LogP) is 3.59. The Kier molecular flexibility index (Phi) is 6.54. The van der Waals surface area contributed by atoms with Crippen molar-refractivity contribution in [2.45, 2.75) is 46.6 Å². The van der Waals surface area contributed by atoms with E-state index in [0.717, 1.165) is 38.6 Å². The zero-order valence-corrected chi connectivity index (χ0v) is 17.2. The van der Waals surface area contributed by atoms with Gasteiger partial charge in [-0.05, 0) is 45.1 Å². The molecule has 2 aromatic rings. The number of aliphatic imine (C=N–C) groups is 1. The number of nitrogens with zero attached hydrogens (tertiary/aromatic N) is 4. The SMILES string of the molecule is CCNC(=NCCc1cc(C)cc(C)c1)N1CCC(C)C(n2ccnc2)C1. The van der Waals surface area contributed by atoms with Gasteiger partial charge in [0.05, 0.1) is 12.4 Å². The third-order valence-corrected chi connectivity index (χ3v) is 5.40. The highest BCUT2D eigenvalue weighted by Crippen LogP contribution is 2.27. The number of benzene rings is 1. The minimum atomic E-state index is 0.449. The second-order valence-corrected chi connectivity index (χ2v) is 7.77. The van der Waals surface area contributed by atoms with Gasteiger partial charge >= 0.3 is 0 Å². The van der Waals surface area contributed by atoms with Crippen molar-refractivity contribution < 1.29 is 0 Å². The zero-order chi connectivity index (χ0) is 19.2. The summed E-state index contributed by atoms with van der Waals surface area (Å²) in [5, 5.41) is 3.49. The number of likely N-dealkylation sites (tertiary alicyclic amines) is 1. The van der Waals surface area contributed by atoms with Crippen LogP contribution in [0.1, 0.15) is 43.0 Å². The maximum Gasteiger partial charge on any atom is 0.193 e. The third kappa shape index (κ3) is 5.12. The number of hydrogen-bond acceptors (Lipinski definition) is 2. The van der Waals surface area contributed by atoms with E-state index in [1.165, 1.54) is 23.1 Å². The normalized spacial score (nSPS) is 20.7. The van der Waals surface area contributed by atoms with Crippen molar-refractivity contribution in [1.29, 1.82) is 0 Å². The van der Waals surface area contributed by atoms with E-state index in [1.54, 1.807) is 0 Å². The molecule has 0 radical (unpaired) electrons. The van der Waals surface area contributed by atoms with Crippen molar-refractivity contribution >= 4 is 5.96 Å². The first-order valence-electron chi connectivity index (χ1n) is 10.1. The van der Waals surface area contributed by atoms with Gasteiger partial charge in [-0.2, -0.15) is 0 Å². The monoisotopic (exact) mass is 367 g/mol. The maximum atomic E-state index is 4.94. The lowest BCUT2D eigenvalue weighted by atomic mass is 9.93. The van der Waals surface area contributed by atoms with Crippen LogP contribution in [0.4, 0.5) is 0 Å². The first kappa shape index (κ1) is 19.5. The van der Waals surface area contributed by atoms with E-state index in [0.29, 0.717) is 12.0 Å². The zero-order valence-electron chi connectivity index (χ0n) is 17.2. The number of aromatic nitrogens is 2. The largest absolute Gasteiger partial charge is 0.357 e. The van der Waals surface area contributed by atoms with Crippen LogP contribution in [0, 0.1) is 19.8 Å². The first-order chi connectivity index (χ1) is 13.1. The molecule has 2 atom stereocenters. The predicted molar refractivity (Wildman–Crippen MR) is 112 cm³/mol. The quantitative estimate of drug-likeness (QED) is 0.649. The summed E-state index contributed by atoms with van der Waals surface area (Å²) in [4.78, 5) is 11.6. The Bertz CT molecular complexity index is 730. The number of piperidine rings is 1. The van der Waals surface area contributed by atoms with Crippen LogP contribution in [0.15, 0.2) is 41.9 Å². The summed E-state index contributed by atoms with van der Waals surface area (Å²) < 4.78 is 2.25. The molecule has 2 heterocycles. The molecular formula is C22H33N5. The van der Waals surface area contributed by atoms with E-state index in [4.69, 9.17) is 4.99 Å². The van der Waals surface area contributed by atoms with Crippen molar-refractivity contribution in [3.05, 3.63) is 53.6 Å². The maximum absolute atomic E-state index is 4.94. The smallest absolute Gasteiger partial charge is 0.193 e. The van der Waals surface area contributed by atoms with Crippen molar-refractivity contribution in [2.24, 2.45) is 10.9 Å². The molecule has 3 rings (SSSR count). The minimum Gasteiger partial charge on any atom is -0.357 e. The Balaban J connectivity index is 1.67. The molecule has 1 saturated heterocycles. The molecule has 5 nitrogen and oxygen atoms in total. The first-order valence-corrected chi connectivity index (χ1v) is 10.1. The summed E-state index contributed by atoms with van der Waals surface area (Å²) in [5.74, 6) is 1.69. The average Bonchev–Trinajstić information content (AvgIpc) is 3.15. The summed E-state index contributed by atoms with van der Waals surface area (Å²) in [6.07, 6.45) is 8.04. The second-order valence-electron chi connectivity index (χ2n) is 7.77. The molecule has 146 valence electrons. The van der Waals surface area contributed by atoms with Gasteiger partial charge in [-0.3, -0.25) is 4.99 Å². The third-order valence-electron chi connectivity index (χ3n) is 5.40. The summed E-state index contributed by atoms with van der Waals surface area (Å²) in [7, 11) is 0. The topological polar surface area (TPSA) is 45.5 Å². The lowest BCUT2D eigenvalue weighted by Gasteiger charge is -2.39. The van der Waals surface area contributed by atoms with Crippen LogP contribution >= 0.6 is 0 Å². The summed E-state index contributed by atoms with van der Waals surface area (Å²) in [6, 6.07) is 7.21. The van der Waals surface area contributed by atoms with E-state index in [-0.39, 0.29) is 0 Å². The Hall–Kier alpha value is -2.30. The molecule has 1 aliphatic rings. The van der Waals surface area contributed by atoms with Gasteiger partial charge in [0, 0.05) is 38.6 Å².